The topological polar surface area (TPSA) is 120 Å². The molecule has 2 atom stereocenters. The summed E-state index contributed by atoms with van der Waals surface area (Å²) in [5.41, 5.74) is -0.0137. The number of carbonyl (C=O) groups is 2. The maximum atomic E-state index is 13.8. The molecule has 2 unspecified atom stereocenters. The van der Waals surface area contributed by atoms with Gasteiger partial charge in [-0.2, -0.15) is 4.31 Å². The number of sulfonamides is 1. The summed E-state index contributed by atoms with van der Waals surface area (Å²) < 4.78 is 39.5. The van der Waals surface area contributed by atoms with Crippen LogP contribution in [0.25, 0.3) is 0 Å². The van der Waals surface area contributed by atoms with Crippen molar-refractivity contribution in [3.05, 3.63) is 35.9 Å². The van der Waals surface area contributed by atoms with Crippen molar-refractivity contribution >= 4 is 22.0 Å². The number of aliphatic hydroxyl groups excluding tert-OH is 1. The first-order valence-corrected chi connectivity index (χ1v) is 16.6. The maximum absolute atomic E-state index is 13.8. The summed E-state index contributed by atoms with van der Waals surface area (Å²) in [5, 5.41) is 11.3. The van der Waals surface area contributed by atoms with Gasteiger partial charge >= 0.3 is 6.09 Å². The molecule has 0 saturated carbocycles. The predicted octanol–water partition coefficient (Wildman–Crippen LogP) is 2.40. The van der Waals surface area contributed by atoms with E-state index in [1.807, 2.05) is 19.9 Å². The number of nitrogens with zero attached hydrogens (tertiary/aromatic N) is 4. The molecule has 2 aliphatic heterocycles. The molecule has 2 fully saturated rings. The van der Waals surface area contributed by atoms with E-state index in [2.05, 4.69) is 4.90 Å². The van der Waals surface area contributed by atoms with Crippen molar-refractivity contribution in [1.29, 1.82) is 0 Å². The van der Waals surface area contributed by atoms with Crippen LogP contribution in [0.4, 0.5) is 4.79 Å². The highest BCUT2D eigenvalue weighted by molar-refractivity contribution is 7.88. The molecular weight excluding hydrogens is 560 g/mol. The molecule has 238 valence electrons. The van der Waals surface area contributed by atoms with Crippen molar-refractivity contribution < 1.29 is 32.6 Å². The number of carbonyl (C=O) groups excluding carboxylic acids is 2. The number of hydrogen-bond acceptors (Lipinski definition) is 8. The SMILES string of the molecule is CC(C)CN(CC(O)CN(CCN1CCOCC1)S(=O)(=O)Cc1ccccc1)C(=O)C1CCCN1C(=O)OC(C)(C)C. The van der Waals surface area contributed by atoms with E-state index < -0.39 is 33.9 Å². The van der Waals surface area contributed by atoms with Gasteiger partial charge in [-0.25, -0.2) is 13.2 Å². The third-order valence-corrected chi connectivity index (χ3v) is 9.08. The average molecular weight is 611 g/mol. The van der Waals surface area contributed by atoms with Gasteiger partial charge in [0.05, 0.1) is 25.1 Å². The zero-order valence-electron chi connectivity index (χ0n) is 25.9. The molecule has 12 heteroatoms. The van der Waals surface area contributed by atoms with Crippen molar-refractivity contribution in [3.8, 4) is 0 Å². The summed E-state index contributed by atoms with van der Waals surface area (Å²) in [6.07, 6.45) is -0.440. The second kappa shape index (κ2) is 15.5. The summed E-state index contributed by atoms with van der Waals surface area (Å²) >= 11 is 0. The van der Waals surface area contributed by atoms with Crippen LogP contribution in [-0.4, -0.2) is 128 Å². The Morgan fingerprint density at radius 1 is 1.07 bits per heavy atom. The fourth-order valence-electron chi connectivity index (χ4n) is 5.31. The lowest BCUT2D eigenvalue weighted by Gasteiger charge is -2.34. The summed E-state index contributed by atoms with van der Waals surface area (Å²) in [6.45, 7) is 13.3. The molecule has 11 nitrogen and oxygen atoms in total. The third-order valence-electron chi connectivity index (χ3n) is 7.26. The summed E-state index contributed by atoms with van der Waals surface area (Å²) in [6, 6.07) is 8.31. The van der Waals surface area contributed by atoms with Crippen LogP contribution in [0.5, 0.6) is 0 Å². The highest BCUT2D eigenvalue weighted by atomic mass is 32.2. The second-order valence-electron chi connectivity index (χ2n) is 12.7. The van der Waals surface area contributed by atoms with Crippen LogP contribution in [0.15, 0.2) is 30.3 Å². The monoisotopic (exact) mass is 610 g/mol. The van der Waals surface area contributed by atoms with E-state index in [-0.39, 0.29) is 37.2 Å². The Hall–Kier alpha value is -2.25. The number of morpholine rings is 1. The molecule has 3 rings (SSSR count). The number of hydrogen-bond donors (Lipinski definition) is 1. The average Bonchev–Trinajstić information content (AvgIpc) is 3.40. The third kappa shape index (κ3) is 10.8. The normalized spacial score (nSPS) is 19.3. The molecule has 0 aromatic heterocycles. The molecule has 2 saturated heterocycles. The van der Waals surface area contributed by atoms with Crippen LogP contribution >= 0.6 is 0 Å². The van der Waals surface area contributed by atoms with Gasteiger partial charge in [-0.1, -0.05) is 44.2 Å². The van der Waals surface area contributed by atoms with E-state index in [1.165, 1.54) is 9.21 Å². The minimum Gasteiger partial charge on any atom is -0.444 e. The quantitative estimate of drug-likeness (QED) is 0.362. The first kappa shape index (κ1) is 34.2. The van der Waals surface area contributed by atoms with E-state index >= 15 is 0 Å². The molecule has 2 heterocycles. The zero-order chi connectivity index (χ0) is 30.9. The van der Waals surface area contributed by atoms with Crippen molar-refractivity contribution in [1.82, 2.24) is 19.0 Å². The number of benzene rings is 1. The molecule has 0 aliphatic carbocycles. The first-order chi connectivity index (χ1) is 19.7. The van der Waals surface area contributed by atoms with Gasteiger partial charge in [0.25, 0.3) is 0 Å². The Bertz CT molecular complexity index is 1100. The van der Waals surface area contributed by atoms with Gasteiger partial charge in [0.15, 0.2) is 0 Å². The van der Waals surface area contributed by atoms with Gasteiger partial charge in [0.2, 0.25) is 15.9 Å². The standard InChI is InChI=1S/C30H50N4O7S/c1-24(2)20-32(28(36)27-12-9-13-34(27)29(37)41-30(3,4)5)21-26(35)22-33(15-14-31-16-18-40-19-17-31)42(38,39)23-25-10-7-6-8-11-25/h6-8,10-11,24,26-27,35H,9,12-23H2,1-5H3. The van der Waals surface area contributed by atoms with Crippen molar-refractivity contribution in [3.63, 3.8) is 0 Å². The van der Waals surface area contributed by atoms with Gasteiger partial charge < -0.3 is 19.5 Å². The number of rotatable bonds is 13. The summed E-state index contributed by atoms with van der Waals surface area (Å²) in [7, 11) is -3.76. The van der Waals surface area contributed by atoms with E-state index in [1.54, 1.807) is 49.9 Å². The van der Waals surface area contributed by atoms with Gasteiger partial charge in [0.1, 0.15) is 11.6 Å². The van der Waals surface area contributed by atoms with Gasteiger partial charge in [-0.3, -0.25) is 14.6 Å². The molecule has 42 heavy (non-hydrogen) atoms. The van der Waals surface area contributed by atoms with Crippen LogP contribution in [0, 0.1) is 5.92 Å². The van der Waals surface area contributed by atoms with Crippen molar-refractivity contribution in [2.45, 2.75) is 71.0 Å². The molecule has 0 bridgehead atoms. The zero-order valence-corrected chi connectivity index (χ0v) is 26.7. The van der Waals surface area contributed by atoms with Crippen molar-refractivity contribution in [2.75, 3.05) is 65.6 Å². The predicted molar refractivity (Wildman–Crippen MR) is 161 cm³/mol. The smallest absolute Gasteiger partial charge is 0.410 e. The van der Waals surface area contributed by atoms with Crippen LogP contribution in [-0.2, 0) is 30.0 Å². The van der Waals surface area contributed by atoms with Crippen LogP contribution < -0.4 is 0 Å². The number of likely N-dealkylation sites (tertiary alicyclic amines) is 1. The molecule has 0 spiro atoms. The minimum atomic E-state index is -3.76. The molecule has 1 aromatic rings. The Balaban J connectivity index is 1.73. The Labute approximate surface area is 251 Å². The molecule has 0 radical (unpaired) electrons. The molecular formula is C30H50N4O7S. The van der Waals surface area contributed by atoms with Crippen LogP contribution in [0.2, 0.25) is 0 Å². The molecule has 1 aromatic carbocycles. The molecule has 1 N–H and O–H groups in total. The summed E-state index contributed by atoms with van der Waals surface area (Å²) in [4.78, 5) is 31.8. The Morgan fingerprint density at radius 2 is 1.74 bits per heavy atom. The summed E-state index contributed by atoms with van der Waals surface area (Å²) in [5.74, 6) is -0.319. The van der Waals surface area contributed by atoms with E-state index in [0.717, 1.165) is 13.1 Å². The fourth-order valence-corrected chi connectivity index (χ4v) is 6.87. The van der Waals surface area contributed by atoms with E-state index in [9.17, 15) is 23.1 Å². The minimum absolute atomic E-state index is 0.0371. The lowest BCUT2D eigenvalue weighted by atomic mass is 10.1. The van der Waals surface area contributed by atoms with Gasteiger partial charge in [0, 0.05) is 52.4 Å². The van der Waals surface area contributed by atoms with E-state index in [4.69, 9.17) is 9.47 Å². The molecule has 2 aliphatic rings. The first-order valence-electron chi connectivity index (χ1n) is 15.0. The van der Waals surface area contributed by atoms with E-state index in [0.29, 0.717) is 51.3 Å². The van der Waals surface area contributed by atoms with Crippen LogP contribution in [0.3, 0.4) is 0 Å². The molecule has 2 amide bonds. The van der Waals surface area contributed by atoms with Crippen LogP contribution in [0.1, 0.15) is 53.0 Å². The van der Waals surface area contributed by atoms with Gasteiger partial charge in [-0.05, 0) is 45.1 Å². The largest absolute Gasteiger partial charge is 0.444 e. The fraction of sp³-hybridized carbons (Fsp3) is 0.733. The maximum Gasteiger partial charge on any atom is 0.410 e. The van der Waals surface area contributed by atoms with Gasteiger partial charge in [-0.15, -0.1) is 0 Å². The lowest BCUT2D eigenvalue weighted by Crippen LogP contribution is -2.53. The van der Waals surface area contributed by atoms with Crippen molar-refractivity contribution in [2.24, 2.45) is 5.92 Å². The highest BCUT2D eigenvalue weighted by Gasteiger charge is 2.39. The number of aliphatic hydroxyl groups is 1. The number of ether oxygens (including phenoxy) is 2. The highest BCUT2D eigenvalue weighted by Crippen LogP contribution is 2.23. The Kier molecular flexibility index (Phi) is 12.6. The lowest BCUT2D eigenvalue weighted by molar-refractivity contribution is -0.138. The number of amides is 2. The second-order valence-corrected chi connectivity index (χ2v) is 14.6. The Morgan fingerprint density at radius 3 is 2.36 bits per heavy atom.